The Balaban J connectivity index is 0.000000781. The minimum atomic E-state index is 0. The van der Waals surface area contributed by atoms with E-state index in [1.165, 1.54) is 43.8 Å². The van der Waals surface area contributed by atoms with E-state index in [0.29, 0.717) is 0 Å². The van der Waals surface area contributed by atoms with Gasteiger partial charge in [-0.15, -0.1) is 0 Å². The number of hydrogen-bond donors (Lipinski definition) is 0. The van der Waals surface area contributed by atoms with Crippen molar-refractivity contribution in [3.05, 3.63) is 83.9 Å². The fourth-order valence-corrected chi connectivity index (χ4v) is 3.72. The Morgan fingerprint density at radius 2 is 1.00 bits per heavy atom. The van der Waals surface area contributed by atoms with Crippen molar-refractivity contribution in [2.45, 2.75) is 6.42 Å². The number of rotatable bonds is 0. The van der Waals surface area contributed by atoms with E-state index in [1.807, 2.05) is 0 Å². The molecular weight excluding hydrogens is 259 g/mol. The molecule has 0 nitrogen and oxygen atoms in total. The molecule has 0 aliphatic heterocycles. The van der Waals surface area contributed by atoms with Gasteiger partial charge in [0.1, 0.15) is 0 Å². The molecule has 0 saturated carbocycles. The largest absolute Gasteiger partial charge is 1.00 e. The van der Waals surface area contributed by atoms with Gasteiger partial charge in [0.2, 0.25) is 0 Å². The predicted octanol–water partition coefficient (Wildman–Crippen LogP) is 2.68. The molecule has 0 atom stereocenters. The summed E-state index contributed by atoms with van der Waals surface area (Å²) >= 11 is 0. The summed E-state index contributed by atoms with van der Waals surface area (Å²) in [5.74, 6) is 0. The van der Waals surface area contributed by atoms with Crippen LogP contribution in [0.5, 0.6) is 0 Å². The summed E-state index contributed by atoms with van der Waals surface area (Å²) in [6.45, 7) is 0. The van der Waals surface area contributed by atoms with Crippen LogP contribution in [0.15, 0.2) is 72.8 Å². The SMILES string of the molecule is [H-].[Li+].c1ccc2c3c(ccc2c1)Cc1ccc2ccccc2c1-3. The monoisotopic (exact) mass is 274 g/mol. The maximum atomic E-state index is 2.30. The average molecular weight is 274 g/mol. The summed E-state index contributed by atoms with van der Waals surface area (Å²) in [4.78, 5) is 0. The summed E-state index contributed by atoms with van der Waals surface area (Å²) in [6.07, 6.45) is 1.06. The van der Waals surface area contributed by atoms with Gasteiger partial charge >= 0.3 is 18.9 Å². The Morgan fingerprint density at radius 1 is 0.545 bits per heavy atom. The second kappa shape index (κ2) is 5.02. The van der Waals surface area contributed by atoms with Crippen molar-refractivity contribution in [2.24, 2.45) is 0 Å². The van der Waals surface area contributed by atoms with Crippen molar-refractivity contribution in [3.63, 3.8) is 0 Å². The molecule has 4 aromatic rings. The molecule has 22 heavy (non-hydrogen) atoms. The molecule has 0 saturated heterocycles. The zero-order valence-electron chi connectivity index (χ0n) is 13.6. The summed E-state index contributed by atoms with van der Waals surface area (Å²) in [5.41, 5.74) is 5.81. The topological polar surface area (TPSA) is 0 Å². The van der Waals surface area contributed by atoms with Crippen LogP contribution in [0.4, 0.5) is 0 Å². The van der Waals surface area contributed by atoms with Gasteiger partial charge in [-0.25, -0.2) is 0 Å². The van der Waals surface area contributed by atoms with Crippen molar-refractivity contribution in [3.8, 4) is 11.1 Å². The van der Waals surface area contributed by atoms with Gasteiger partial charge in [0, 0.05) is 0 Å². The Kier molecular flexibility index (Phi) is 3.12. The van der Waals surface area contributed by atoms with Crippen molar-refractivity contribution < 1.29 is 20.3 Å². The van der Waals surface area contributed by atoms with Crippen LogP contribution in [-0.2, 0) is 6.42 Å². The maximum absolute atomic E-state index is 2.30. The molecule has 1 heteroatoms. The molecule has 0 bridgehead atoms. The van der Waals surface area contributed by atoms with Crippen LogP contribution in [0.25, 0.3) is 32.7 Å². The van der Waals surface area contributed by atoms with Gasteiger partial charge in [-0.3, -0.25) is 0 Å². The standard InChI is InChI=1S/C21H14.Li.H/c1-3-7-18-14(5-1)9-11-16-13-17-12-10-15-6-2-4-8-19(15)21(17)20(16)18;;/h1-12H,13H2;;/q;+1;-1. The van der Waals surface area contributed by atoms with Gasteiger partial charge in [-0.2, -0.15) is 0 Å². The molecule has 0 amide bonds. The molecule has 0 aromatic heterocycles. The summed E-state index contributed by atoms with van der Waals surface area (Å²) in [7, 11) is 0. The molecule has 0 unspecified atom stereocenters. The molecular formula is C21H15Li. The van der Waals surface area contributed by atoms with Gasteiger partial charge in [0.25, 0.3) is 0 Å². The van der Waals surface area contributed by atoms with Gasteiger partial charge in [0.05, 0.1) is 0 Å². The molecule has 0 spiro atoms. The first-order valence-electron chi connectivity index (χ1n) is 7.43. The quantitative estimate of drug-likeness (QED) is 0.381. The van der Waals surface area contributed by atoms with E-state index in [2.05, 4.69) is 72.8 Å². The van der Waals surface area contributed by atoms with Crippen LogP contribution in [0, 0.1) is 0 Å². The van der Waals surface area contributed by atoms with Gasteiger partial charge in [-0.1, -0.05) is 72.8 Å². The first kappa shape index (κ1) is 13.6. The molecule has 0 radical (unpaired) electrons. The third-order valence-corrected chi connectivity index (χ3v) is 4.66. The smallest absolute Gasteiger partial charge is 1.00 e. The number of fused-ring (bicyclic) bond motifs is 7. The minimum Gasteiger partial charge on any atom is -1.00 e. The molecule has 0 N–H and O–H groups in total. The molecule has 5 rings (SSSR count). The van der Waals surface area contributed by atoms with E-state index in [-0.39, 0.29) is 20.3 Å². The van der Waals surface area contributed by atoms with Crippen LogP contribution >= 0.6 is 0 Å². The van der Waals surface area contributed by atoms with E-state index in [4.69, 9.17) is 0 Å². The second-order valence-electron chi connectivity index (χ2n) is 5.82. The van der Waals surface area contributed by atoms with Crippen LogP contribution in [0.3, 0.4) is 0 Å². The van der Waals surface area contributed by atoms with Gasteiger partial charge < -0.3 is 1.43 Å². The van der Waals surface area contributed by atoms with Crippen molar-refractivity contribution >= 4 is 21.5 Å². The van der Waals surface area contributed by atoms with E-state index in [1.54, 1.807) is 0 Å². The molecule has 1 aliphatic carbocycles. The fourth-order valence-electron chi connectivity index (χ4n) is 3.72. The first-order chi connectivity index (χ1) is 10.4. The summed E-state index contributed by atoms with van der Waals surface area (Å²) in [6, 6.07) is 26.6. The normalized spacial score (nSPS) is 12.0. The first-order valence-corrected chi connectivity index (χ1v) is 7.43. The van der Waals surface area contributed by atoms with Crippen molar-refractivity contribution in [1.82, 2.24) is 0 Å². The molecule has 0 heterocycles. The van der Waals surface area contributed by atoms with Crippen LogP contribution in [0.2, 0.25) is 0 Å². The Morgan fingerprint density at radius 3 is 1.50 bits per heavy atom. The van der Waals surface area contributed by atoms with E-state index >= 15 is 0 Å². The summed E-state index contributed by atoms with van der Waals surface area (Å²) in [5, 5.41) is 5.42. The van der Waals surface area contributed by atoms with Crippen LogP contribution < -0.4 is 18.9 Å². The van der Waals surface area contributed by atoms with Gasteiger partial charge in [0.15, 0.2) is 0 Å². The van der Waals surface area contributed by atoms with Crippen molar-refractivity contribution in [2.75, 3.05) is 0 Å². The van der Waals surface area contributed by atoms with Crippen molar-refractivity contribution in [1.29, 1.82) is 0 Å². The summed E-state index contributed by atoms with van der Waals surface area (Å²) < 4.78 is 0. The second-order valence-corrected chi connectivity index (χ2v) is 5.82. The zero-order valence-corrected chi connectivity index (χ0v) is 12.6. The number of hydrogen-bond acceptors (Lipinski definition) is 0. The average Bonchev–Trinajstić information content (AvgIpc) is 2.94. The maximum Gasteiger partial charge on any atom is 1.00 e. The third-order valence-electron chi connectivity index (χ3n) is 4.66. The fraction of sp³-hybridized carbons (Fsp3) is 0.0476. The van der Waals surface area contributed by atoms with Crippen LogP contribution in [-0.4, -0.2) is 0 Å². The molecule has 4 aromatic carbocycles. The van der Waals surface area contributed by atoms with Crippen LogP contribution in [0.1, 0.15) is 12.6 Å². The third kappa shape index (κ3) is 1.78. The van der Waals surface area contributed by atoms with E-state index < -0.39 is 0 Å². The Bertz CT molecular complexity index is 937. The minimum absolute atomic E-state index is 0. The Hall–Kier alpha value is -2.00. The molecule has 0 fully saturated rings. The zero-order chi connectivity index (χ0) is 13.8. The molecule has 1 aliphatic rings. The van der Waals surface area contributed by atoms with Gasteiger partial charge in [-0.05, 0) is 50.2 Å². The van der Waals surface area contributed by atoms with E-state index in [9.17, 15) is 0 Å². The van der Waals surface area contributed by atoms with E-state index in [0.717, 1.165) is 6.42 Å². The Labute approximate surface area is 143 Å². The molecule has 100 valence electrons. The number of benzene rings is 4. The predicted molar refractivity (Wildman–Crippen MR) is 90.8 cm³/mol.